The number of hydrogen-bond acceptors (Lipinski definition) is 3. The molecule has 1 aromatic carbocycles. The summed E-state index contributed by atoms with van der Waals surface area (Å²) >= 11 is 6.10. The molecule has 3 nitrogen and oxygen atoms in total. The second-order valence-electron chi connectivity index (χ2n) is 4.58. The van der Waals surface area contributed by atoms with Gasteiger partial charge in [-0.2, -0.15) is 0 Å². The zero-order valence-electron chi connectivity index (χ0n) is 10.8. The third-order valence-corrected chi connectivity index (χ3v) is 3.75. The van der Waals surface area contributed by atoms with Gasteiger partial charge in [-0.05, 0) is 18.6 Å². The van der Waals surface area contributed by atoms with Gasteiger partial charge in [0, 0.05) is 36.8 Å². The lowest BCUT2D eigenvalue weighted by Crippen LogP contribution is -2.46. The van der Waals surface area contributed by atoms with Gasteiger partial charge in [-0.15, -0.1) is 12.4 Å². The first-order chi connectivity index (χ1) is 8.65. The maximum atomic E-state index is 14.2. The molecule has 0 radical (unpaired) electrons. The number of aliphatic hydroxyl groups excluding tert-OH is 1. The number of rotatable bonds is 3. The van der Waals surface area contributed by atoms with Crippen molar-refractivity contribution in [3.63, 3.8) is 0 Å². The Morgan fingerprint density at radius 2 is 2.05 bits per heavy atom. The summed E-state index contributed by atoms with van der Waals surface area (Å²) in [6.07, 6.45) is 0. The fourth-order valence-corrected chi connectivity index (χ4v) is 2.64. The third kappa shape index (κ3) is 3.58. The Morgan fingerprint density at radius 3 is 2.63 bits per heavy atom. The van der Waals surface area contributed by atoms with Crippen molar-refractivity contribution in [2.75, 3.05) is 32.8 Å². The highest BCUT2D eigenvalue weighted by Crippen LogP contribution is 2.31. The van der Waals surface area contributed by atoms with E-state index >= 15 is 0 Å². The summed E-state index contributed by atoms with van der Waals surface area (Å²) in [4.78, 5) is 2.07. The molecular weight excluding hydrogens is 290 g/mol. The monoisotopic (exact) mass is 308 g/mol. The normalized spacial score (nSPS) is 17.9. The number of benzene rings is 1. The minimum absolute atomic E-state index is 0. The number of aryl methyl sites for hydroxylation is 1. The molecule has 2 N–H and O–H groups in total. The van der Waals surface area contributed by atoms with E-state index in [0.29, 0.717) is 16.1 Å². The molecule has 6 heteroatoms. The molecule has 0 unspecified atom stereocenters. The number of piperazine rings is 1. The first-order valence-corrected chi connectivity index (χ1v) is 6.53. The maximum absolute atomic E-state index is 14.2. The molecule has 108 valence electrons. The molecular formula is C13H19Cl2FN2O. The molecule has 1 aliphatic heterocycles. The Kier molecular flexibility index (Phi) is 6.50. The molecule has 1 fully saturated rings. The van der Waals surface area contributed by atoms with E-state index < -0.39 is 0 Å². The van der Waals surface area contributed by atoms with Crippen molar-refractivity contribution in [3.05, 3.63) is 34.1 Å². The van der Waals surface area contributed by atoms with Crippen LogP contribution < -0.4 is 5.32 Å². The van der Waals surface area contributed by atoms with E-state index in [1.54, 1.807) is 19.1 Å². The standard InChI is InChI=1S/C13H18ClFN2O.ClH/c1-9-2-3-10(14)12(13(9)15)11(8-18)17-6-4-16-5-7-17;/h2-3,11,16,18H,4-8H2,1H3;1H/t11-;/m0./s1. The molecule has 0 spiro atoms. The van der Waals surface area contributed by atoms with Gasteiger partial charge in [0.05, 0.1) is 12.6 Å². The lowest BCUT2D eigenvalue weighted by atomic mass is 10.0. The van der Waals surface area contributed by atoms with Crippen LogP contribution in [0.5, 0.6) is 0 Å². The first kappa shape index (κ1) is 16.7. The summed E-state index contributed by atoms with van der Waals surface area (Å²) in [7, 11) is 0. The average molecular weight is 309 g/mol. The fraction of sp³-hybridized carbons (Fsp3) is 0.538. The minimum Gasteiger partial charge on any atom is -0.394 e. The molecule has 0 aliphatic carbocycles. The van der Waals surface area contributed by atoms with Gasteiger partial charge < -0.3 is 10.4 Å². The molecule has 0 bridgehead atoms. The quantitative estimate of drug-likeness (QED) is 0.898. The fourth-order valence-electron chi connectivity index (χ4n) is 2.37. The Labute approximate surface area is 124 Å². The molecule has 0 amide bonds. The Hall–Kier alpha value is -0.390. The second kappa shape index (κ2) is 7.41. The van der Waals surface area contributed by atoms with Crippen molar-refractivity contribution in [2.24, 2.45) is 0 Å². The predicted molar refractivity (Wildman–Crippen MR) is 77.7 cm³/mol. The van der Waals surface area contributed by atoms with Crippen LogP contribution in [0.25, 0.3) is 0 Å². The molecule has 1 atom stereocenters. The zero-order chi connectivity index (χ0) is 13.1. The lowest BCUT2D eigenvalue weighted by molar-refractivity contribution is 0.108. The molecule has 2 rings (SSSR count). The van der Waals surface area contributed by atoms with Crippen LogP contribution >= 0.6 is 24.0 Å². The molecule has 19 heavy (non-hydrogen) atoms. The summed E-state index contributed by atoms with van der Waals surface area (Å²) in [6, 6.07) is 2.99. The molecule has 1 heterocycles. The number of aliphatic hydroxyl groups is 1. The largest absolute Gasteiger partial charge is 0.394 e. The minimum atomic E-state index is -0.362. The first-order valence-electron chi connectivity index (χ1n) is 6.15. The van der Waals surface area contributed by atoms with Gasteiger partial charge in [-0.25, -0.2) is 4.39 Å². The summed E-state index contributed by atoms with van der Waals surface area (Å²) in [6.45, 7) is 4.86. The molecule has 1 aromatic rings. The van der Waals surface area contributed by atoms with Crippen LogP contribution in [0.15, 0.2) is 12.1 Å². The smallest absolute Gasteiger partial charge is 0.132 e. The highest BCUT2D eigenvalue weighted by Gasteiger charge is 2.26. The molecule has 1 aliphatic rings. The summed E-state index contributed by atoms with van der Waals surface area (Å²) in [5.74, 6) is -0.305. The number of halogens is 3. The average Bonchev–Trinajstić information content (AvgIpc) is 2.40. The van der Waals surface area contributed by atoms with E-state index in [4.69, 9.17) is 11.6 Å². The SMILES string of the molecule is Cc1ccc(Cl)c([C@H](CO)N2CCNCC2)c1F.Cl. The maximum Gasteiger partial charge on any atom is 0.132 e. The molecule has 1 saturated heterocycles. The van der Waals surface area contributed by atoms with E-state index in [1.165, 1.54) is 0 Å². The Bertz CT molecular complexity index is 425. The Balaban J connectivity index is 0.00000180. The van der Waals surface area contributed by atoms with Crippen molar-refractivity contribution in [2.45, 2.75) is 13.0 Å². The molecule has 0 aromatic heterocycles. The van der Waals surface area contributed by atoms with Gasteiger partial charge in [0.15, 0.2) is 0 Å². The van der Waals surface area contributed by atoms with E-state index in [-0.39, 0.29) is 30.9 Å². The van der Waals surface area contributed by atoms with Crippen molar-refractivity contribution in [3.8, 4) is 0 Å². The number of nitrogens with zero attached hydrogens (tertiary/aromatic N) is 1. The van der Waals surface area contributed by atoms with Crippen LogP contribution in [0, 0.1) is 12.7 Å². The van der Waals surface area contributed by atoms with Crippen LogP contribution in [0.4, 0.5) is 4.39 Å². The summed E-state index contributed by atoms with van der Waals surface area (Å²) < 4.78 is 14.2. The molecule has 0 saturated carbocycles. The van der Waals surface area contributed by atoms with Gasteiger partial charge in [-0.1, -0.05) is 17.7 Å². The third-order valence-electron chi connectivity index (χ3n) is 3.42. The van der Waals surface area contributed by atoms with Crippen molar-refractivity contribution >= 4 is 24.0 Å². The predicted octanol–water partition coefficient (Wildman–Crippen LogP) is 2.15. The number of nitrogens with one attached hydrogen (secondary N) is 1. The van der Waals surface area contributed by atoms with Crippen molar-refractivity contribution < 1.29 is 9.50 Å². The zero-order valence-corrected chi connectivity index (χ0v) is 12.4. The highest BCUT2D eigenvalue weighted by atomic mass is 35.5. The van der Waals surface area contributed by atoms with Crippen LogP contribution in [0.3, 0.4) is 0 Å². The van der Waals surface area contributed by atoms with Gasteiger partial charge in [0.2, 0.25) is 0 Å². The number of hydrogen-bond donors (Lipinski definition) is 2. The lowest BCUT2D eigenvalue weighted by Gasteiger charge is -2.34. The van der Waals surface area contributed by atoms with Crippen LogP contribution in [-0.2, 0) is 0 Å². The summed E-state index contributed by atoms with van der Waals surface area (Å²) in [5.41, 5.74) is 0.976. The van der Waals surface area contributed by atoms with E-state index in [0.717, 1.165) is 26.2 Å². The van der Waals surface area contributed by atoms with E-state index in [1.807, 2.05) is 0 Å². The van der Waals surface area contributed by atoms with Crippen LogP contribution in [-0.4, -0.2) is 42.8 Å². The van der Waals surface area contributed by atoms with Crippen LogP contribution in [0.2, 0.25) is 5.02 Å². The van der Waals surface area contributed by atoms with E-state index in [2.05, 4.69) is 10.2 Å². The highest BCUT2D eigenvalue weighted by molar-refractivity contribution is 6.31. The van der Waals surface area contributed by atoms with E-state index in [9.17, 15) is 9.50 Å². The van der Waals surface area contributed by atoms with Gasteiger partial charge in [0.1, 0.15) is 5.82 Å². The topological polar surface area (TPSA) is 35.5 Å². The summed E-state index contributed by atoms with van der Waals surface area (Å²) in [5, 5.41) is 13.2. The van der Waals surface area contributed by atoms with Crippen molar-refractivity contribution in [1.29, 1.82) is 0 Å². The van der Waals surface area contributed by atoms with Crippen LogP contribution in [0.1, 0.15) is 17.2 Å². The van der Waals surface area contributed by atoms with Gasteiger partial charge in [-0.3, -0.25) is 4.90 Å². The van der Waals surface area contributed by atoms with Crippen molar-refractivity contribution in [1.82, 2.24) is 10.2 Å². The second-order valence-corrected chi connectivity index (χ2v) is 4.98. The Morgan fingerprint density at radius 1 is 1.42 bits per heavy atom. The van der Waals surface area contributed by atoms with Gasteiger partial charge in [0.25, 0.3) is 0 Å². The van der Waals surface area contributed by atoms with Gasteiger partial charge >= 0.3 is 0 Å².